The number of hydrogen-bond acceptors (Lipinski definition) is 1. The minimum absolute atomic E-state index is 0.660. The minimum Gasteiger partial charge on any atom is -0.299 e. The zero-order valence-corrected chi connectivity index (χ0v) is 12.5. The molecule has 2 aliphatic rings. The van der Waals surface area contributed by atoms with E-state index in [2.05, 4.69) is 51.2 Å². The Bertz CT molecular complexity index is 391. The highest BCUT2D eigenvalue weighted by Crippen LogP contribution is 2.48. The third-order valence-electron chi connectivity index (χ3n) is 4.79. The average Bonchev–Trinajstić information content (AvgIpc) is 2.99. The molecule has 0 bridgehead atoms. The second-order valence-corrected chi connectivity index (χ2v) is 6.86. The lowest BCUT2D eigenvalue weighted by atomic mass is 9.85. The molecule has 1 heterocycles. The fraction of sp³-hybridized carbons (Fsp3) is 0.625. The lowest BCUT2D eigenvalue weighted by molar-refractivity contribution is 0.251. The van der Waals surface area contributed by atoms with Crippen LogP contribution in [0.4, 0.5) is 0 Å². The van der Waals surface area contributed by atoms with E-state index < -0.39 is 0 Å². The van der Waals surface area contributed by atoms with E-state index in [1.54, 1.807) is 0 Å². The molecule has 1 aliphatic carbocycles. The first-order valence-electron chi connectivity index (χ1n) is 7.12. The fourth-order valence-electron chi connectivity index (χ4n) is 3.83. The van der Waals surface area contributed by atoms with Gasteiger partial charge in [0.05, 0.1) is 0 Å². The number of nitrogens with zero attached hydrogens (tertiary/aromatic N) is 1. The van der Waals surface area contributed by atoms with Crippen molar-refractivity contribution in [2.45, 2.75) is 32.2 Å². The van der Waals surface area contributed by atoms with Crippen LogP contribution in [0.5, 0.6) is 0 Å². The second kappa shape index (κ2) is 5.34. The van der Waals surface area contributed by atoms with Crippen LogP contribution in [0.3, 0.4) is 0 Å². The standard InChI is InChI=1S/C16H22BrN/c17-11-15-6-7-16(10-15)8-9-18(13-16)12-14-4-2-1-3-5-14/h1-5,15H,6-13H2/t15-,16-/m0/s1. The summed E-state index contributed by atoms with van der Waals surface area (Å²) >= 11 is 3.66. The Morgan fingerprint density at radius 1 is 1.22 bits per heavy atom. The molecule has 1 nitrogen and oxygen atoms in total. The molecular weight excluding hydrogens is 286 g/mol. The van der Waals surface area contributed by atoms with Crippen molar-refractivity contribution in [3.63, 3.8) is 0 Å². The Morgan fingerprint density at radius 2 is 2.06 bits per heavy atom. The van der Waals surface area contributed by atoms with Crippen molar-refractivity contribution >= 4 is 15.9 Å². The Morgan fingerprint density at radius 3 is 2.78 bits per heavy atom. The summed E-state index contributed by atoms with van der Waals surface area (Å²) in [4.78, 5) is 2.66. The maximum Gasteiger partial charge on any atom is 0.0233 e. The maximum atomic E-state index is 3.66. The monoisotopic (exact) mass is 307 g/mol. The first-order valence-corrected chi connectivity index (χ1v) is 8.24. The van der Waals surface area contributed by atoms with Crippen LogP contribution < -0.4 is 0 Å². The molecule has 0 aromatic heterocycles. The van der Waals surface area contributed by atoms with Gasteiger partial charge >= 0.3 is 0 Å². The van der Waals surface area contributed by atoms with Crippen molar-refractivity contribution in [1.82, 2.24) is 4.90 Å². The fourth-order valence-corrected chi connectivity index (χ4v) is 4.39. The molecule has 2 heteroatoms. The normalized spacial score (nSPS) is 32.4. The third kappa shape index (κ3) is 2.65. The zero-order chi connectivity index (χ0) is 12.4. The predicted octanol–water partition coefficient (Wildman–Crippen LogP) is 4.07. The van der Waals surface area contributed by atoms with Gasteiger partial charge in [-0.3, -0.25) is 4.90 Å². The van der Waals surface area contributed by atoms with E-state index in [0.29, 0.717) is 5.41 Å². The maximum absolute atomic E-state index is 3.66. The minimum atomic E-state index is 0.660. The number of benzene rings is 1. The van der Waals surface area contributed by atoms with Gasteiger partial charge in [-0.05, 0) is 49.1 Å². The summed E-state index contributed by atoms with van der Waals surface area (Å²) in [6.07, 6.45) is 5.76. The lowest BCUT2D eigenvalue weighted by Gasteiger charge is -2.24. The summed E-state index contributed by atoms with van der Waals surface area (Å²) in [5.41, 5.74) is 2.12. The van der Waals surface area contributed by atoms with Crippen LogP contribution in [0.25, 0.3) is 0 Å². The predicted molar refractivity (Wildman–Crippen MR) is 79.9 cm³/mol. The van der Waals surface area contributed by atoms with Crippen LogP contribution >= 0.6 is 15.9 Å². The van der Waals surface area contributed by atoms with Crippen LogP contribution in [0.1, 0.15) is 31.2 Å². The van der Waals surface area contributed by atoms with Crippen LogP contribution in [0, 0.1) is 11.3 Å². The molecule has 1 aromatic carbocycles. The van der Waals surface area contributed by atoms with E-state index in [0.717, 1.165) is 12.5 Å². The van der Waals surface area contributed by atoms with E-state index >= 15 is 0 Å². The Hall–Kier alpha value is -0.340. The molecule has 0 amide bonds. The molecule has 1 aliphatic heterocycles. The van der Waals surface area contributed by atoms with Gasteiger partial charge in [-0.15, -0.1) is 0 Å². The number of likely N-dealkylation sites (tertiary alicyclic amines) is 1. The Balaban J connectivity index is 1.59. The first kappa shape index (κ1) is 12.7. The highest BCUT2D eigenvalue weighted by Gasteiger charge is 2.43. The van der Waals surface area contributed by atoms with Gasteiger partial charge in [-0.25, -0.2) is 0 Å². The average molecular weight is 308 g/mol. The van der Waals surface area contributed by atoms with E-state index in [-0.39, 0.29) is 0 Å². The van der Waals surface area contributed by atoms with Crippen molar-refractivity contribution in [3.05, 3.63) is 35.9 Å². The van der Waals surface area contributed by atoms with Gasteiger partial charge in [0.2, 0.25) is 0 Å². The van der Waals surface area contributed by atoms with Gasteiger partial charge in [-0.2, -0.15) is 0 Å². The van der Waals surface area contributed by atoms with Crippen molar-refractivity contribution < 1.29 is 0 Å². The van der Waals surface area contributed by atoms with Crippen molar-refractivity contribution in [1.29, 1.82) is 0 Å². The lowest BCUT2D eigenvalue weighted by Crippen LogP contribution is -2.25. The van der Waals surface area contributed by atoms with Crippen LogP contribution in [-0.4, -0.2) is 23.3 Å². The molecule has 1 saturated carbocycles. The quantitative estimate of drug-likeness (QED) is 0.761. The molecule has 0 N–H and O–H groups in total. The Kier molecular flexibility index (Phi) is 3.76. The van der Waals surface area contributed by atoms with Crippen LogP contribution in [0.15, 0.2) is 30.3 Å². The molecular formula is C16H22BrN. The van der Waals surface area contributed by atoms with Gasteiger partial charge in [0.25, 0.3) is 0 Å². The van der Waals surface area contributed by atoms with E-state index in [4.69, 9.17) is 0 Å². The molecule has 3 rings (SSSR count). The molecule has 0 radical (unpaired) electrons. The van der Waals surface area contributed by atoms with Crippen molar-refractivity contribution in [2.24, 2.45) is 11.3 Å². The van der Waals surface area contributed by atoms with Crippen molar-refractivity contribution in [2.75, 3.05) is 18.4 Å². The number of alkyl halides is 1. The van der Waals surface area contributed by atoms with Gasteiger partial charge in [0, 0.05) is 18.4 Å². The zero-order valence-electron chi connectivity index (χ0n) is 10.9. The summed E-state index contributed by atoms with van der Waals surface area (Å²) < 4.78 is 0. The molecule has 1 aromatic rings. The summed E-state index contributed by atoms with van der Waals surface area (Å²) in [5.74, 6) is 0.932. The molecule has 1 saturated heterocycles. The molecule has 1 spiro atoms. The largest absolute Gasteiger partial charge is 0.299 e. The SMILES string of the molecule is BrC[C@H]1CC[C@]2(CCN(Cc3ccccc3)C2)C1. The summed E-state index contributed by atoms with van der Waals surface area (Å²) in [5, 5.41) is 1.20. The van der Waals surface area contributed by atoms with E-state index in [1.807, 2.05) is 0 Å². The molecule has 2 fully saturated rings. The van der Waals surface area contributed by atoms with Gasteiger partial charge < -0.3 is 0 Å². The van der Waals surface area contributed by atoms with Gasteiger partial charge in [0.15, 0.2) is 0 Å². The number of halogens is 1. The summed E-state index contributed by atoms with van der Waals surface area (Å²) in [7, 11) is 0. The van der Waals surface area contributed by atoms with Crippen LogP contribution in [0.2, 0.25) is 0 Å². The molecule has 98 valence electrons. The first-order chi connectivity index (χ1) is 8.80. The smallest absolute Gasteiger partial charge is 0.0233 e. The van der Waals surface area contributed by atoms with Crippen LogP contribution in [-0.2, 0) is 6.54 Å². The molecule has 0 unspecified atom stereocenters. The third-order valence-corrected chi connectivity index (χ3v) is 5.70. The Labute approximate surface area is 119 Å². The number of hydrogen-bond donors (Lipinski definition) is 0. The van der Waals surface area contributed by atoms with E-state index in [9.17, 15) is 0 Å². The van der Waals surface area contributed by atoms with Crippen molar-refractivity contribution in [3.8, 4) is 0 Å². The topological polar surface area (TPSA) is 3.24 Å². The highest BCUT2D eigenvalue weighted by atomic mass is 79.9. The van der Waals surface area contributed by atoms with E-state index in [1.165, 1.54) is 49.7 Å². The highest BCUT2D eigenvalue weighted by molar-refractivity contribution is 9.09. The molecule has 18 heavy (non-hydrogen) atoms. The second-order valence-electron chi connectivity index (χ2n) is 6.21. The molecule has 2 atom stereocenters. The summed E-state index contributed by atoms with van der Waals surface area (Å²) in [6, 6.07) is 10.9. The number of rotatable bonds is 3. The van der Waals surface area contributed by atoms with Gasteiger partial charge in [-0.1, -0.05) is 46.3 Å². The summed E-state index contributed by atoms with van der Waals surface area (Å²) in [6.45, 7) is 3.76. The van der Waals surface area contributed by atoms with Gasteiger partial charge in [0.1, 0.15) is 0 Å².